The summed E-state index contributed by atoms with van der Waals surface area (Å²) < 4.78 is 39.2. The maximum Gasteiger partial charge on any atom is 0.416 e. The largest absolute Gasteiger partial charge is 0.416 e. The molecule has 0 saturated carbocycles. The van der Waals surface area contributed by atoms with E-state index in [1.807, 2.05) is 24.3 Å². The Morgan fingerprint density at radius 1 is 1.07 bits per heavy atom. The number of aryl methyl sites for hydroxylation is 1. The summed E-state index contributed by atoms with van der Waals surface area (Å²) in [6, 6.07) is 11.9. The summed E-state index contributed by atoms with van der Waals surface area (Å²) >= 11 is 0. The molecule has 3 rings (SSSR count). The summed E-state index contributed by atoms with van der Waals surface area (Å²) in [5, 5.41) is 2.72. The van der Waals surface area contributed by atoms with Crippen molar-refractivity contribution in [2.24, 2.45) is 0 Å². The molecule has 3 aromatic rings. The van der Waals surface area contributed by atoms with Crippen molar-refractivity contribution in [3.63, 3.8) is 0 Å². The summed E-state index contributed by atoms with van der Waals surface area (Å²) in [6.07, 6.45) is -3.83. The molecule has 1 amide bonds. The van der Waals surface area contributed by atoms with E-state index >= 15 is 0 Å². The molecule has 1 aromatic heterocycles. The number of imidazole rings is 1. The van der Waals surface area contributed by atoms with Crippen LogP contribution in [0.4, 0.5) is 13.2 Å². The Hall–Kier alpha value is -3.03. The van der Waals surface area contributed by atoms with Crippen LogP contribution in [0.5, 0.6) is 0 Å². The lowest BCUT2D eigenvalue weighted by atomic mass is 10.1. The van der Waals surface area contributed by atoms with Crippen LogP contribution in [0.25, 0.3) is 11.0 Å². The minimum atomic E-state index is -4.39. The molecule has 142 valence electrons. The van der Waals surface area contributed by atoms with Crippen LogP contribution < -0.4 is 11.0 Å². The van der Waals surface area contributed by atoms with Gasteiger partial charge >= 0.3 is 11.9 Å². The molecule has 0 atom stereocenters. The minimum Gasteiger partial charge on any atom is -0.356 e. The molecule has 2 aromatic carbocycles. The number of hydrogen-bond acceptors (Lipinski definition) is 2. The fourth-order valence-electron chi connectivity index (χ4n) is 2.85. The molecule has 27 heavy (non-hydrogen) atoms. The van der Waals surface area contributed by atoms with Crippen molar-refractivity contribution in [2.45, 2.75) is 25.6 Å². The van der Waals surface area contributed by atoms with Gasteiger partial charge in [0.25, 0.3) is 0 Å². The number of para-hydroxylation sites is 2. The molecule has 0 aliphatic heterocycles. The minimum absolute atomic E-state index is 0.00513. The Kier molecular flexibility index (Phi) is 5.34. The zero-order valence-electron chi connectivity index (χ0n) is 14.3. The molecule has 2 N–H and O–H groups in total. The van der Waals surface area contributed by atoms with Gasteiger partial charge in [0.15, 0.2) is 0 Å². The van der Waals surface area contributed by atoms with Gasteiger partial charge in [-0.1, -0.05) is 24.3 Å². The Bertz CT molecular complexity index is 988. The number of rotatable bonds is 6. The van der Waals surface area contributed by atoms with E-state index in [0.717, 1.165) is 23.2 Å². The number of nitrogens with one attached hydrogen (secondary N) is 2. The summed E-state index contributed by atoms with van der Waals surface area (Å²) in [4.78, 5) is 26.6. The topological polar surface area (TPSA) is 66.9 Å². The smallest absolute Gasteiger partial charge is 0.356 e. The number of benzene rings is 2. The third-order valence-corrected chi connectivity index (χ3v) is 4.21. The van der Waals surface area contributed by atoms with Crippen molar-refractivity contribution in [3.8, 4) is 0 Å². The normalized spacial score (nSPS) is 11.7. The number of nitrogens with zero attached hydrogens (tertiary/aromatic N) is 1. The van der Waals surface area contributed by atoms with Gasteiger partial charge in [0.1, 0.15) is 0 Å². The molecule has 0 spiro atoms. The number of H-pyrrole nitrogens is 1. The number of carbonyl (C=O) groups excluding carboxylic acids is 1. The fourth-order valence-corrected chi connectivity index (χ4v) is 2.85. The van der Waals surface area contributed by atoms with Gasteiger partial charge in [-0.25, -0.2) is 4.79 Å². The fraction of sp³-hybridized carbons (Fsp3) is 0.263. The zero-order chi connectivity index (χ0) is 19.4. The first-order valence-electron chi connectivity index (χ1n) is 8.45. The third-order valence-electron chi connectivity index (χ3n) is 4.21. The maximum atomic E-state index is 12.5. The molecule has 0 aliphatic rings. The lowest BCUT2D eigenvalue weighted by Gasteiger charge is -2.08. The van der Waals surface area contributed by atoms with Crippen LogP contribution in [0, 0.1) is 0 Å². The van der Waals surface area contributed by atoms with Crippen molar-refractivity contribution in [1.29, 1.82) is 0 Å². The number of aromatic nitrogens is 2. The molecule has 1 heterocycles. The van der Waals surface area contributed by atoms with Gasteiger partial charge in [-0.3, -0.25) is 9.36 Å². The van der Waals surface area contributed by atoms with Gasteiger partial charge in [-0.2, -0.15) is 13.2 Å². The monoisotopic (exact) mass is 377 g/mol. The number of carbonyl (C=O) groups is 1. The SMILES string of the molecule is O=C(Cc1ccc(C(F)(F)F)cc1)NCCCn1c(=O)[nH]c2ccccc21. The highest BCUT2D eigenvalue weighted by Gasteiger charge is 2.29. The van der Waals surface area contributed by atoms with Gasteiger partial charge in [0.2, 0.25) is 5.91 Å². The molecular formula is C19H18F3N3O2. The van der Waals surface area contributed by atoms with E-state index in [1.54, 1.807) is 4.57 Å². The molecular weight excluding hydrogens is 359 g/mol. The van der Waals surface area contributed by atoms with Gasteiger partial charge in [0, 0.05) is 13.1 Å². The van der Waals surface area contributed by atoms with Crippen molar-refractivity contribution < 1.29 is 18.0 Å². The highest BCUT2D eigenvalue weighted by Crippen LogP contribution is 2.29. The van der Waals surface area contributed by atoms with Crippen molar-refractivity contribution in [1.82, 2.24) is 14.9 Å². The van der Waals surface area contributed by atoms with Crippen LogP contribution in [-0.2, 0) is 23.9 Å². The molecule has 0 unspecified atom stereocenters. The van der Waals surface area contributed by atoms with Gasteiger partial charge in [-0.05, 0) is 36.2 Å². The number of alkyl halides is 3. The van der Waals surface area contributed by atoms with E-state index in [0.29, 0.717) is 25.1 Å². The predicted molar refractivity (Wildman–Crippen MR) is 95.3 cm³/mol. The van der Waals surface area contributed by atoms with E-state index in [4.69, 9.17) is 0 Å². The van der Waals surface area contributed by atoms with Gasteiger partial charge in [0.05, 0.1) is 23.0 Å². The summed E-state index contributed by atoms with van der Waals surface area (Å²) in [6.45, 7) is 0.814. The summed E-state index contributed by atoms with van der Waals surface area (Å²) in [5.41, 5.74) is 1.13. The average molecular weight is 377 g/mol. The predicted octanol–water partition coefficient (Wildman–Crippen LogP) is 3.10. The highest BCUT2D eigenvalue weighted by atomic mass is 19.4. The van der Waals surface area contributed by atoms with E-state index < -0.39 is 11.7 Å². The second kappa shape index (κ2) is 7.69. The molecule has 0 fully saturated rings. The van der Waals surface area contributed by atoms with E-state index in [2.05, 4.69) is 10.3 Å². The number of aromatic amines is 1. The number of halogens is 3. The number of fused-ring (bicyclic) bond motifs is 1. The Morgan fingerprint density at radius 2 is 1.78 bits per heavy atom. The van der Waals surface area contributed by atoms with E-state index in [9.17, 15) is 22.8 Å². The molecule has 0 aliphatic carbocycles. The maximum absolute atomic E-state index is 12.5. The second-order valence-corrected chi connectivity index (χ2v) is 6.17. The summed E-state index contributed by atoms with van der Waals surface area (Å²) in [5.74, 6) is -0.277. The third kappa shape index (κ3) is 4.58. The molecule has 0 saturated heterocycles. The lowest BCUT2D eigenvalue weighted by molar-refractivity contribution is -0.137. The first kappa shape index (κ1) is 18.8. The molecule has 0 radical (unpaired) electrons. The Balaban J connectivity index is 1.48. The zero-order valence-corrected chi connectivity index (χ0v) is 14.3. The number of hydrogen-bond donors (Lipinski definition) is 2. The van der Waals surface area contributed by atoms with E-state index in [-0.39, 0.29) is 18.0 Å². The standard InChI is InChI=1S/C19H18F3N3O2/c20-19(21,22)14-8-6-13(7-9-14)12-17(26)23-10-3-11-25-16-5-2-1-4-15(16)24-18(25)27/h1-2,4-9H,3,10-12H2,(H,23,26)(H,24,27). The van der Waals surface area contributed by atoms with Gasteiger partial charge in [-0.15, -0.1) is 0 Å². The quantitative estimate of drug-likeness (QED) is 0.649. The highest BCUT2D eigenvalue weighted by molar-refractivity contribution is 5.78. The van der Waals surface area contributed by atoms with Crippen LogP contribution >= 0.6 is 0 Å². The molecule has 0 bridgehead atoms. The molecule has 8 heteroatoms. The van der Waals surface area contributed by atoms with Crippen LogP contribution in [0.2, 0.25) is 0 Å². The second-order valence-electron chi connectivity index (χ2n) is 6.17. The van der Waals surface area contributed by atoms with Crippen LogP contribution in [-0.4, -0.2) is 22.0 Å². The molecule has 5 nitrogen and oxygen atoms in total. The lowest BCUT2D eigenvalue weighted by Crippen LogP contribution is -2.27. The summed E-state index contributed by atoms with van der Waals surface area (Å²) in [7, 11) is 0. The van der Waals surface area contributed by atoms with Crippen LogP contribution in [0.1, 0.15) is 17.5 Å². The van der Waals surface area contributed by atoms with E-state index in [1.165, 1.54) is 12.1 Å². The Morgan fingerprint density at radius 3 is 2.48 bits per heavy atom. The number of amides is 1. The first-order chi connectivity index (χ1) is 12.8. The first-order valence-corrected chi connectivity index (χ1v) is 8.45. The van der Waals surface area contributed by atoms with Gasteiger partial charge < -0.3 is 10.3 Å². The van der Waals surface area contributed by atoms with Crippen molar-refractivity contribution in [2.75, 3.05) is 6.54 Å². The van der Waals surface area contributed by atoms with Crippen molar-refractivity contribution >= 4 is 16.9 Å². The Labute approximate surface area is 152 Å². The van der Waals surface area contributed by atoms with Crippen LogP contribution in [0.15, 0.2) is 53.3 Å². The van der Waals surface area contributed by atoms with Crippen LogP contribution in [0.3, 0.4) is 0 Å². The van der Waals surface area contributed by atoms with Crippen molar-refractivity contribution in [3.05, 3.63) is 70.1 Å². The average Bonchev–Trinajstić information content (AvgIpc) is 2.94.